The quantitative estimate of drug-likeness (QED) is 0.751. The number of hydrogen-bond acceptors (Lipinski definition) is 4. The van der Waals surface area contributed by atoms with Gasteiger partial charge in [-0.2, -0.15) is 0 Å². The van der Waals surface area contributed by atoms with Crippen LogP contribution < -0.4 is 15.8 Å². The first kappa shape index (κ1) is 15.2. The van der Waals surface area contributed by atoms with Crippen LogP contribution in [0.25, 0.3) is 11.1 Å². The first-order chi connectivity index (χ1) is 11.1. The molecule has 1 amide bonds. The maximum absolute atomic E-state index is 11.8. The highest BCUT2D eigenvalue weighted by atomic mass is 35.5. The molecule has 7 heteroatoms. The molecule has 23 heavy (non-hydrogen) atoms. The van der Waals surface area contributed by atoms with Gasteiger partial charge in [-0.3, -0.25) is 9.78 Å². The van der Waals surface area contributed by atoms with Crippen LogP contribution in [0.3, 0.4) is 0 Å². The van der Waals surface area contributed by atoms with Crippen molar-refractivity contribution in [3.05, 3.63) is 63.6 Å². The number of oxazole rings is 1. The van der Waals surface area contributed by atoms with E-state index in [2.05, 4.69) is 10.3 Å². The molecule has 0 fully saturated rings. The van der Waals surface area contributed by atoms with Gasteiger partial charge < -0.3 is 14.5 Å². The third kappa shape index (κ3) is 3.92. The predicted octanol–water partition coefficient (Wildman–Crippen LogP) is 2.47. The minimum absolute atomic E-state index is 0.0941. The molecule has 2 aromatic carbocycles. The second kappa shape index (κ2) is 6.58. The van der Waals surface area contributed by atoms with Gasteiger partial charge in [0.2, 0.25) is 0 Å². The van der Waals surface area contributed by atoms with E-state index in [4.69, 9.17) is 20.8 Å². The first-order valence-corrected chi connectivity index (χ1v) is 7.25. The number of ether oxygens (including phenoxy) is 1. The lowest BCUT2D eigenvalue weighted by Crippen LogP contribution is -2.28. The fourth-order valence-electron chi connectivity index (χ4n) is 2.03. The summed E-state index contributed by atoms with van der Waals surface area (Å²) in [5.74, 6) is -0.187. The predicted molar refractivity (Wildman–Crippen MR) is 85.6 cm³/mol. The molecule has 0 atom stereocenters. The minimum Gasteiger partial charge on any atom is -0.484 e. The summed E-state index contributed by atoms with van der Waals surface area (Å²) in [6.45, 7) is 0.219. The van der Waals surface area contributed by atoms with Crippen molar-refractivity contribution in [2.75, 3.05) is 6.61 Å². The molecule has 1 aromatic heterocycles. The van der Waals surface area contributed by atoms with Crippen LogP contribution in [0.15, 0.2) is 51.7 Å². The van der Waals surface area contributed by atoms with Crippen molar-refractivity contribution >= 4 is 28.6 Å². The number of hydrogen-bond donors (Lipinski definition) is 2. The summed E-state index contributed by atoms with van der Waals surface area (Å²) in [4.78, 5) is 25.4. The van der Waals surface area contributed by atoms with Crippen molar-refractivity contribution in [1.29, 1.82) is 0 Å². The van der Waals surface area contributed by atoms with Crippen LogP contribution in [0, 0.1) is 0 Å². The highest BCUT2D eigenvalue weighted by molar-refractivity contribution is 6.30. The lowest BCUT2D eigenvalue weighted by atomic mass is 10.2. The monoisotopic (exact) mass is 332 g/mol. The second-order valence-electron chi connectivity index (χ2n) is 4.86. The summed E-state index contributed by atoms with van der Waals surface area (Å²) in [6.07, 6.45) is 0. The third-order valence-corrected chi connectivity index (χ3v) is 3.41. The number of aromatic amines is 1. The number of nitrogens with one attached hydrogen (secondary N) is 2. The average molecular weight is 333 g/mol. The Morgan fingerprint density at radius 2 is 2.00 bits per heavy atom. The molecule has 0 aliphatic carbocycles. The normalized spacial score (nSPS) is 10.7. The van der Waals surface area contributed by atoms with Gasteiger partial charge >= 0.3 is 5.76 Å². The molecule has 2 N–H and O–H groups in total. The van der Waals surface area contributed by atoms with Gasteiger partial charge in [-0.1, -0.05) is 17.7 Å². The van der Waals surface area contributed by atoms with Crippen LogP contribution >= 0.6 is 11.6 Å². The first-order valence-electron chi connectivity index (χ1n) is 6.87. The van der Waals surface area contributed by atoms with Crippen LogP contribution in [-0.4, -0.2) is 17.5 Å². The van der Waals surface area contributed by atoms with Crippen molar-refractivity contribution in [2.45, 2.75) is 6.54 Å². The van der Waals surface area contributed by atoms with Gasteiger partial charge in [-0.25, -0.2) is 4.79 Å². The fraction of sp³-hybridized carbons (Fsp3) is 0.125. The molecule has 118 valence electrons. The number of carbonyl (C=O) groups is 1. The number of halogens is 1. The second-order valence-corrected chi connectivity index (χ2v) is 5.30. The molecular formula is C16H13ClN2O4. The number of carbonyl (C=O) groups excluding carboxylic acids is 1. The van der Waals surface area contributed by atoms with Gasteiger partial charge in [-0.05, 0) is 42.0 Å². The van der Waals surface area contributed by atoms with E-state index in [-0.39, 0.29) is 12.5 Å². The van der Waals surface area contributed by atoms with Crippen molar-refractivity contribution in [3.8, 4) is 5.75 Å². The highest BCUT2D eigenvalue weighted by Gasteiger charge is 2.05. The Labute approximate surface area is 136 Å². The summed E-state index contributed by atoms with van der Waals surface area (Å²) < 4.78 is 10.3. The van der Waals surface area contributed by atoms with Gasteiger partial charge in [0.15, 0.2) is 12.2 Å². The van der Waals surface area contributed by atoms with Gasteiger partial charge in [-0.15, -0.1) is 0 Å². The van der Waals surface area contributed by atoms with Gasteiger partial charge in [0.25, 0.3) is 5.91 Å². The molecule has 0 spiro atoms. The average Bonchev–Trinajstić information content (AvgIpc) is 2.91. The molecule has 0 aliphatic rings. The SMILES string of the molecule is O=C(COc1ccc(Cl)cc1)NCc1ccc2[nH]c(=O)oc2c1. The maximum atomic E-state index is 11.8. The molecule has 6 nitrogen and oxygen atoms in total. The zero-order chi connectivity index (χ0) is 16.2. The van der Waals surface area contributed by atoms with E-state index >= 15 is 0 Å². The summed E-state index contributed by atoms with van der Waals surface area (Å²) in [5, 5.41) is 3.34. The van der Waals surface area contributed by atoms with E-state index in [1.54, 1.807) is 42.5 Å². The standard InChI is InChI=1S/C16H13ClN2O4/c17-11-2-4-12(5-3-11)22-9-15(20)18-8-10-1-6-13-14(7-10)23-16(21)19-13/h1-7H,8-9H2,(H,18,20)(H,19,21). The third-order valence-electron chi connectivity index (χ3n) is 3.16. The molecule has 1 heterocycles. The van der Waals surface area contributed by atoms with Crippen molar-refractivity contribution in [1.82, 2.24) is 10.3 Å². The maximum Gasteiger partial charge on any atom is 0.417 e. The lowest BCUT2D eigenvalue weighted by molar-refractivity contribution is -0.123. The van der Waals surface area contributed by atoms with E-state index in [1.165, 1.54) is 0 Å². The fourth-order valence-corrected chi connectivity index (χ4v) is 2.16. The van der Waals surface area contributed by atoms with E-state index in [1.807, 2.05) is 0 Å². The van der Waals surface area contributed by atoms with Gasteiger partial charge in [0.05, 0.1) is 5.52 Å². The van der Waals surface area contributed by atoms with Crippen LogP contribution in [0.2, 0.25) is 5.02 Å². The Morgan fingerprint density at radius 1 is 1.22 bits per heavy atom. The highest BCUT2D eigenvalue weighted by Crippen LogP contribution is 2.15. The summed E-state index contributed by atoms with van der Waals surface area (Å²) in [7, 11) is 0. The van der Waals surface area contributed by atoms with Gasteiger partial charge in [0, 0.05) is 11.6 Å². The zero-order valence-electron chi connectivity index (χ0n) is 12.0. The summed E-state index contributed by atoms with van der Waals surface area (Å²) in [6, 6.07) is 12.0. The van der Waals surface area contributed by atoms with E-state index in [0.717, 1.165) is 5.56 Å². The Balaban J connectivity index is 1.53. The van der Waals surface area contributed by atoms with E-state index in [9.17, 15) is 9.59 Å². The molecule has 3 rings (SSSR count). The van der Waals surface area contributed by atoms with Crippen molar-refractivity contribution < 1.29 is 13.9 Å². The Hall–Kier alpha value is -2.73. The number of H-pyrrole nitrogens is 1. The van der Waals surface area contributed by atoms with Crippen molar-refractivity contribution in [2.24, 2.45) is 0 Å². The zero-order valence-corrected chi connectivity index (χ0v) is 12.7. The number of aromatic nitrogens is 1. The molecule has 0 unspecified atom stereocenters. The number of rotatable bonds is 5. The van der Waals surface area contributed by atoms with Crippen LogP contribution in [0.1, 0.15) is 5.56 Å². The van der Waals surface area contributed by atoms with E-state index in [0.29, 0.717) is 28.4 Å². The smallest absolute Gasteiger partial charge is 0.417 e. The molecule has 0 radical (unpaired) electrons. The van der Waals surface area contributed by atoms with Crippen molar-refractivity contribution in [3.63, 3.8) is 0 Å². The van der Waals surface area contributed by atoms with Crippen LogP contribution in [-0.2, 0) is 11.3 Å². The number of fused-ring (bicyclic) bond motifs is 1. The minimum atomic E-state index is -0.502. The molecule has 0 bridgehead atoms. The Morgan fingerprint density at radius 3 is 2.78 bits per heavy atom. The number of benzene rings is 2. The van der Waals surface area contributed by atoms with Crippen LogP contribution in [0.4, 0.5) is 0 Å². The molecular weight excluding hydrogens is 320 g/mol. The Bertz CT molecular complexity index is 883. The molecule has 0 saturated carbocycles. The topological polar surface area (TPSA) is 84.3 Å². The Kier molecular flexibility index (Phi) is 4.34. The van der Waals surface area contributed by atoms with E-state index < -0.39 is 5.76 Å². The van der Waals surface area contributed by atoms with Gasteiger partial charge in [0.1, 0.15) is 5.75 Å². The molecule has 3 aromatic rings. The van der Waals surface area contributed by atoms with Crippen LogP contribution in [0.5, 0.6) is 5.75 Å². The summed E-state index contributed by atoms with van der Waals surface area (Å²) in [5.41, 5.74) is 1.90. The summed E-state index contributed by atoms with van der Waals surface area (Å²) >= 11 is 5.77. The lowest BCUT2D eigenvalue weighted by Gasteiger charge is -2.07. The molecule has 0 saturated heterocycles. The molecule has 0 aliphatic heterocycles. The number of amides is 1. The largest absolute Gasteiger partial charge is 0.484 e.